The highest BCUT2D eigenvalue weighted by atomic mass is 32.2. The number of amides is 1. The third-order valence-electron chi connectivity index (χ3n) is 7.56. The van der Waals surface area contributed by atoms with Gasteiger partial charge in [-0.05, 0) is 44.2 Å². The molecule has 1 heterocycles. The van der Waals surface area contributed by atoms with Crippen molar-refractivity contribution in [2.45, 2.75) is 98.5 Å². The van der Waals surface area contributed by atoms with Crippen molar-refractivity contribution in [2.24, 2.45) is 11.8 Å². The molecular formula is C28H52NO6PS2Si. The van der Waals surface area contributed by atoms with Gasteiger partial charge in [-0.1, -0.05) is 73.3 Å². The zero-order chi connectivity index (χ0) is 30.2. The highest BCUT2D eigenvalue weighted by Gasteiger charge is 2.58. The van der Waals surface area contributed by atoms with Gasteiger partial charge in [0.15, 0.2) is 21.1 Å². The van der Waals surface area contributed by atoms with Gasteiger partial charge in [0.1, 0.15) is 6.61 Å². The molecule has 0 unspecified atom stereocenters. The number of thioether (sulfide) groups is 1. The Morgan fingerprint density at radius 2 is 1.72 bits per heavy atom. The molecule has 39 heavy (non-hydrogen) atoms. The van der Waals surface area contributed by atoms with E-state index in [1.807, 2.05) is 40.9 Å². The first-order valence-corrected chi connectivity index (χ1v) is 20.4. The molecule has 0 aliphatic carbocycles. The quantitative estimate of drug-likeness (QED) is 0.0450. The van der Waals surface area contributed by atoms with Crippen LogP contribution < -0.4 is 0 Å². The van der Waals surface area contributed by atoms with Gasteiger partial charge in [0.05, 0.1) is 35.5 Å². The van der Waals surface area contributed by atoms with Gasteiger partial charge in [0.2, 0.25) is 5.91 Å². The summed E-state index contributed by atoms with van der Waals surface area (Å²) in [6.45, 7) is 25.4. The lowest BCUT2D eigenvalue weighted by Gasteiger charge is -2.54. The van der Waals surface area contributed by atoms with E-state index in [0.717, 1.165) is 17.0 Å². The number of rotatable bonds is 16. The molecule has 1 rings (SSSR count). The molecular weight excluding hydrogens is 570 g/mol. The van der Waals surface area contributed by atoms with Crippen molar-refractivity contribution in [2.75, 3.05) is 32.2 Å². The van der Waals surface area contributed by atoms with E-state index in [4.69, 9.17) is 30.4 Å². The van der Waals surface area contributed by atoms with Gasteiger partial charge in [-0.2, -0.15) is 0 Å². The van der Waals surface area contributed by atoms with Crippen LogP contribution in [0.25, 0.3) is 0 Å². The van der Waals surface area contributed by atoms with Crippen LogP contribution >= 0.6 is 31.3 Å². The van der Waals surface area contributed by atoms with E-state index in [-0.39, 0.29) is 41.0 Å². The first kappa shape index (κ1) is 36.5. The highest BCUT2D eigenvalue weighted by Crippen LogP contribution is 2.55. The van der Waals surface area contributed by atoms with Crippen LogP contribution in [0.15, 0.2) is 12.7 Å². The minimum absolute atomic E-state index is 0.0138. The predicted octanol–water partition coefficient (Wildman–Crippen LogP) is 7.13. The summed E-state index contributed by atoms with van der Waals surface area (Å²) >= 11 is 7.23. The molecule has 1 saturated heterocycles. The summed E-state index contributed by atoms with van der Waals surface area (Å²) in [5, 5.41) is -0.0138. The van der Waals surface area contributed by atoms with E-state index in [1.54, 1.807) is 4.90 Å². The fourth-order valence-corrected chi connectivity index (χ4v) is 9.32. The largest absolute Gasteiger partial charge is 0.457 e. The SMILES string of the molecule is C=CCOC(=O)C(N1C(=O)[C@H]([C@@H](C)O[Si](C)(C)C(C)(C)C)[C@H]1[C@@H](C)C(=S)SC)=P(CC)(OCCC)OCCC. The molecule has 226 valence electrons. The van der Waals surface area contributed by atoms with Crippen LogP contribution in [-0.2, 0) is 27.8 Å². The Kier molecular flexibility index (Phi) is 14.7. The molecule has 0 radical (unpaired) electrons. The smallest absolute Gasteiger partial charge is 0.360 e. The van der Waals surface area contributed by atoms with Crippen molar-refractivity contribution in [1.82, 2.24) is 4.90 Å². The van der Waals surface area contributed by atoms with E-state index in [9.17, 15) is 9.59 Å². The molecule has 1 aliphatic heterocycles. The molecule has 0 saturated carbocycles. The van der Waals surface area contributed by atoms with Gasteiger partial charge >= 0.3 is 5.97 Å². The predicted molar refractivity (Wildman–Crippen MR) is 173 cm³/mol. The average molecular weight is 622 g/mol. The monoisotopic (exact) mass is 621 g/mol. The minimum Gasteiger partial charge on any atom is -0.457 e. The lowest BCUT2D eigenvalue weighted by atomic mass is 9.77. The molecule has 4 atom stereocenters. The summed E-state index contributed by atoms with van der Waals surface area (Å²) in [7, 11) is -5.16. The summed E-state index contributed by atoms with van der Waals surface area (Å²) in [4.78, 5) is 29.5. The molecule has 11 heteroatoms. The molecule has 0 aromatic heterocycles. The second kappa shape index (κ2) is 15.7. The topological polar surface area (TPSA) is 74.3 Å². The number of nitrogens with zero attached hydrogens (tertiary/aromatic N) is 1. The van der Waals surface area contributed by atoms with Crippen LogP contribution in [0.4, 0.5) is 0 Å². The van der Waals surface area contributed by atoms with Crippen molar-refractivity contribution >= 4 is 61.1 Å². The number of hydrogen-bond acceptors (Lipinski definition) is 8. The van der Waals surface area contributed by atoms with Crippen molar-refractivity contribution in [1.29, 1.82) is 0 Å². The first-order chi connectivity index (χ1) is 18.1. The summed E-state index contributed by atoms with van der Waals surface area (Å²) < 4.78 is 25.9. The van der Waals surface area contributed by atoms with Gasteiger partial charge in [-0.25, -0.2) is 4.79 Å². The molecule has 1 amide bonds. The lowest BCUT2D eigenvalue weighted by Crippen LogP contribution is -2.71. The maximum absolute atomic E-state index is 14.2. The fraction of sp³-hybridized carbons (Fsp3) is 0.786. The maximum Gasteiger partial charge on any atom is 0.360 e. The molecule has 0 bridgehead atoms. The maximum atomic E-state index is 14.2. The van der Waals surface area contributed by atoms with Gasteiger partial charge < -0.3 is 18.2 Å². The molecule has 1 fully saturated rings. The lowest BCUT2D eigenvalue weighted by molar-refractivity contribution is -0.158. The fourth-order valence-electron chi connectivity index (χ4n) is 4.40. The first-order valence-electron chi connectivity index (χ1n) is 14.0. The number of β-lactam (4-membered cyclic amide) rings is 1. The Labute approximate surface area is 248 Å². The Morgan fingerprint density at radius 3 is 2.13 bits per heavy atom. The molecule has 0 aromatic carbocycles. The van der Waals surface area contributed by atoms with Crippen LogP contribution in [0, 0.1) is 11.8 Å². The molecule has 0 N–H and O–H groups in total. The summed E-state index contributed by atoms with van der Waals surface area (Å²) in [6, 6.07) is -0.384. The zero-order valence-electron chi connectivity index (χ0n) is 26.0. The van der Waals surface area contributed by atoms with E-state index >= 15 is 0 Å². The summed E-state index contributed by atoms with van der Waals surface area (Å²) in [5.41, 5.74) is 0.190. The van der Waals surface area contributed by atoms with Gasteiger partial charge in [0.25, 0.3) is 0 Å². The van der Waals surface area contributed by atoms with Crippen LogP contribution in [0.3, 0.4) is 0 Å². The van der Waals surface area contributed by atoms with Gasteiger partial charge in [0, 0.05) is 12.1 Å². The van der Waals surface area contributed by atoms with Crippen molar-refractivity contribution in [3.05, 3.63) is 12.7 Å². The summed E-state index contributed by atoms with van der Waals surface area (Å²) in [5.74, 6) is -1.42. The second-order valence-electron chi connectivity index (χ2n) is 11.5. The molecule has 1 aliphatic rings. The Morgan fingerprint density at radius 1 is 1.18 bits per heavy atom. The van der Waals surface area contributed by atoms with Crippen LogP contribution in [0.2, 0.25) is 18.1 Å². The standard InChI is InChI=1S/C28H52NO6PS2Si/c1-13-17-32-26(31)25(36(16-4,33-18-14-2)34-19-15-3)29-23(20(5)27(37)38-10)22(24(29)30)21(6)35-39(11,12)28(7,8)9/h13,20-23H,1,14-19H2,2-12H3/t20-,21-,22-,23-/m1/s1. The van der Waals surface area contributed by atoms with Crippen LogP contribution in [-0.4, -0.2) is 79.1 Å². The summed E-state index contributed by atoms with van der Waals surface area (Å²) in [6.07, 6.45) is 5.03. The van der Waals surface area contributed by atoms with E-state index < -0.39 is 27.5 Å². The zero-order valence-corrected chi connectivity index (χ0v) is 29.5. The Balaban J connectivity index is 3.85. The second-order valence-corrected chi connectivity index (χ2v) is 20.7. The van der Waals surface area contributed by atoms with E-state index in [2.05, 4.69) is 40.4 Å². The van der Waals surface area contributed by atoms with E-state index in [0.29, 0.717) is 19.4 Å². The van der Waals surface area contributed by atoms with Gasteiger partial charge in [-0.15, -0.1) is 11.8 Å². The van der Waals surface area contributed by atoms with Gasteiger partial charge in [-0.3, -0.25) is 9.69 Å². The minimum atomic E-state index is -2.98. The third-order valence-corrected chi connectivity index (χ3v) is 16.9. The normalized spacial score (nSPS) is 19.8. The number of ether oxygens (including phenoxy) is 1. The van der Waals surface area contributed by atoms with Crippen molar-refractivity contribution < 1.29 is 27.8 Å². The van der Waals surface area contributed by atoms with Crippen LogP contribution in [0.5, 0.6) is 0 Å². The number of thiocarbonyl (C=S) groups is 1. The highest BCUT2D eigenvalue weighted by molar-refractivity contribution is 8.22. The van der Waals surface area contributed by atoms with E-state index in [1.165, 1.54) is 17.8 Å². The van der Waals surface area contributed by atoms with Crippen molar-refractivity contribution in [3.63, 3.8) is 0 Å². The molecule has 0 spiro atoms. The Bertz CT molecular complexity index is 924. The third kappa shape index (κ3) is 8.52. The number of esters is 1. The number of carbonyl (C=O) groups is 2. The Hall–Kier alpha value is -0.483. The molecule has 0 aromatic rings. The number of hydrogen-bond donors (Lipinski definition) is 0. The number of carbonyl (C=O) groups excluding carboxylic acids is 2. The number of likely N-dealkylation sites (tertiary alicyclic amines) is 1. The molecule has 7 nitrogen and oxygen atoms in total. The van der Waals surface area contributed by atoms with Crippen molar-refractivity contribution in [3.8, 4) is 0 Å². The average Bonchev–Trinajstić information content (AvgIpc) is 2.87. The van der Waals surface area contributed by atoms with Crippen LogP contribution in [0.1, 0.15) is 68.2 Å².